The monoisotopic (exact) mass is 366 g/mol. The Kier molecular flexibility index (Phi) is 6.88. The van der Waals surface area contributed by atoms with E-state index in [2.05, 4.69) is 60.4 Å². The molecule has 1 amide bonds. The van der Waals surface area contributed by atoms with E-state index in [0.29, 0.717) is 13.0 Å². The van der Waals surface area contributed by atoms with Gasteiger partial charge in [-0.05, 0) is 41.7 Å². The fourth-order valence-corrected chi connectivity index (χ4v) is 3.38. The molecule has 0 aliphatic carbocycles. The molecule has 0 radical (unpaired) electrons. The summed E-state index contributed by atoms with van der Waals surface area (Å²) >= 11 is 0. The Morgan fingerprint density at radius 2 is 1.56 bits per heavy atom. The van der Waals surface area contributed by atoms with Gasteiger partial charge >= 0.3 is 0 Å². The molecule has 27 heavy (non-hydrogen) atoms. The first-order valence-corrected chi connectivity index (χ1v) is 9.89. The molecule has 1 saturated heterocycles. The lowest BCUT2D eigenvalue weighted by Crippen LogP contribution is -2.36. The number of aryl methyl sites for hydroxylation is 2. The topological polar surface area (TPSA) is 32.8 Å². The third-order valence-electron chi connectivity index (χ3n) is 5.22. The number of nitrogens with zero attached hydrogens (tertiary/aromatic N) is 2. The van der Waals surface area contributed by atoms with Crippen LogP contribution in [0.5, 0.6) is 0 Å². The maximum absolute atomic E-state index is 12.5. The standard InChI is InChI=1S/C23H30N2O2/c1-3-19-4-6-20(7-5-19)10-13-23(26)24(2)18-21-8-11-22(12-9-21)25-14-16-27-17-15-25/h4-9,11-12H,3,10,13-18H2,1-2H3. The summed E-state index contributed by atoms with van der Waals surface area (Å²) in [6, 6.07) is 17.1. The maximum atomic E-state index is 12.5. The molecule has 2 aromatic rings. The number of carbonyl (C=O) groups excluding carboxylic acids is 1. The smallest absolute Gasteiger partial charge is 0.222 e. The summed E-state index contributed by atoms with van der Waals surface area (Å²) in [5.74, 6) is 0.187. The van der Waals surface area contributed by atoms with E-state index in [9.17, 15) is 4.79 Å². The average molecular weight is 367 g/mol. The van der Waals surface area contributed by atoms with E-state index in [1.54, 1.807) is 0 Å². The lowest BCUT2D eigenvalue weighted by atomic mass is 10.1. The second-order valence-electron chi connectivity index (χ2n) is 7.19. The Balaban J connectivity index is 1.48. The van der Waals surface area contributed by atoms with E-state index in [1.165, 1.54) is 16.8 Å². The molecular weight excluding hydrogens is 336 g/mol. The molecular formula is C23H30N2O2. The highest BCUT2D eigenvalue weighted by atomic mass is 16.5. The van der Waals surface area contributed by atoms with E-state index in [4.69, 9.17) is 4.74 Å². The lowest BCUT2D eigenvalue weighted by Gasteiger charge is -2.29. The van der Waals surface area contributed by atoms with Crippen LogP contribution in [0.25, 0.3) is 0 Å². The van der Waals surface area contributed by atoms with Gasteiger partial charge < -0.3 is 14.5 Å². The largest absolute Gasteiger partial charge is 0.378 e. The van der Waals surface area contributed by atoms with Crippen LogP contribution >= 0.6 is 0 Å². The first-order valence-electron chi connectivity index (χ1n) is 9.89. The number of hydrogen-bond acceptors (Lipinski definition) is 3. The zero-order valence-corrected chi connectivity index (χ0v) is 16.5. The molecule has 0 unspecified atom stereocenters. The quantitative estimate of drug-likeness (QED) is 0.749. The molecule has 0 N–H and O–H groups in total. The van der Waals surface area contributed by atoms with Crippen molar-refractivity contribution in [2.75, 3.05) is 38.3 Å². The molecule has 144 valence electrons. The van der Waals surface area contributed by atoms with Gasteiger partial charge in [0.15, 0.2) is 0 Å². The Labute approximate surface area is 162 Å². The van der Waals surface area contributed by atoms with Crippen molar-refractivity contribution >= 4 is 11.6 Å². The summed E-state index contributed by atoms with van der Waals surface area (Å²) in [4.78, 5) is 16.6. The van der Waals surface area contributed by atoms with Gasteiger partial charge in [-0.15, -0.1) is 0 Å². The second-order valence-corrected chi connectivity index (χ2v) is 7.19. The molecule has 0 bridgehead atoms. The Morgan fingerprint density at radius 3 is 2.19 bits per heavy atom. The minimum absolute atomic E-state index is 0.187. The van der Waals surface area contributed by atoms with Gasteiger partial charge in [0.1, 0.15) is 0 Å². The van der Waals surface area contributed by atoms with Crippen molar-refractivity contribution in [2.24, 2.45) is 0 Å². The van der Waals surface area contributed by atoms with Crippen molar-refractivity contribution in [1.29, 1.82) is 0 Å². The second kappa shape index (κ2) is 9.56. The zero-order valence-electron chi connectivity index (χ0n) is 16.5. The summed E-state index contributed by atoms with van der Waals surface area (Å²) in [5, 5.41) is 0. The van der Waals surface area contributed by atoms with E-state index >= 15 is 0 Å². The van der Waals surface area contributed by atoms with Crippen LogP contribution in [0.4, 0.5) is 5.69 Å². The van der Waals surface area contributed by atoms with Crippen molar-refractivity contribution in [1.82, 2.24) is 4.90 Å². The van der Waals surface area contributed by atoms with Gasteiger partial charge in [0.05, 0.1) is 13.2 Å². The summed E-state index contributed by atoms with van der Waals surface area (Å²) in [7, 11) is 1.89. The van der Waals surface area contributed by atoms with Crippen molar-refractivity contribution < 1.29 is 9.53 Å². The number of carbonyl (C=O) groups is 1. The van der Waals surface area contributed by atoms with Crippen LogP contribution in [0.15, 0.2) is 48.5 Å². The first-order chi connectivity index (χ1) is 13.2. The zero-order chi connectivity index (χ0) is 19.1. The summed E-state index contributed by atoms with van der Waals surface area (Å²) in [6.45, 7) is 6.27. The number of hydrogen-bond donors (Lipinski definition) is 0. The summed E-state index contributed by atoms with van der Waals surface area (Å²) in [5.41, 5.74) is 4.95. The highest BCUT2D eigenvalue weighted by Crippen LogP contribution is 2.17. The number of benzene rings is 2. The SMILES string of the molecule is CCc1ccc(CCC(=O)N(C)Cc2ccc(N3CCOCC3)cc2)cc1. The van der Waals surface area contributed by atoms with Crippen LogP contribution < -0.4 is 4.90 Å². The molecule has 2 aromatic carbocycles. The lowest BCUT2D eigenvalue weighted by molar-refractivity contribution is -0.130. The number of rotatable bonds is 7. The Bertz CT molecular complexity index is 719. The van der Waals surface area contributed by atoms with Gasteiger partial charge in [0.25, 0.3) is 0 Å². The fraction of sp³-hybridized carbons (Fsp3) is 0.435. The molecule has 1 heterocycles. The predicted molar refractivity (Wildman–Crippen MR) is 110 cm³/mol. The first kappa shape index (κ1) is 19.4. The normalized spacial score (nSPS) is 14.2. The molecule has 3 rings (SSSR count). The van der Waals surface area contributed by atoms with Gasteiger partial charge in [-0.1, -0.05) is 43.3 Å². The molecule has 1 fully saturated rings. The van der Waals surface area contributed by atoms with Crippen LogP contribution in [0.1, 0.15) is 30.0 Å². The molecule has 0 spiro atoms. The summed E-state index contributed by atoms with van der Waals surface area (Å²) < 4.78 is 5.40. The van der Waals surface area contributed by atoms with Gasteiger partial charge in [0, 0.05) is 38.8 Å². The van der Waals surface area contributed by atoms with Crippen LogP contribution in [0.2, 0.25) is 0 Å². The average Bonchev–Trinajstić information content (AvgIpc) is 2.73. The molecule has 0 aromatic heterocycles. The minimum Gasteiger partial charge on any atom is -0.378 e. The van der Waals surface area contributed by atoms with Crippen LogP contribution in [0.3, 0.4) is 0 Å². The highest BCUT2D eigenvalue weighted by molar-refractivity contribution is 5.76. The van der Waals surface area contributed by atoms with Gasteiger partial charge in [0.2, 0.25) is 5.91 Å². The van der Waals surface area contributed by atoms with E-state index in [-0.39, 0.29) is 5.91 Å². The maximum Gasteiger partial charge on any atom is 0.222 e. The van der Waals surface area contributed by atoms with Crippen molar-refractivity contribution in [3.63, 3.8) is 0 Å². The molecule has 0 saturated carbocycles. The van der Waals surface area contributed by atoms with E-state index < -0.39 is 0 Å². The molecule has 1 aliphatic rings. The number of morpholine rings is 1. The minimum atomic E-state index is 0.187. The Hall–Kier alpha value is -2.33. The van der Waals surface area contributed by atoms with Gasteiger partial charge in [-0.2, -0.15) is 0 Å². The van der Waals surface area contributed by atoms with Crippen molar-refractivity contribution in [3.05, 3.63) is 65.2 Å². The van der Waals surface area contributed by atoms with Crippen LogP contribution in [-0.4, -0.2) is 44.2 Å². The predicted octanol–water partition coefficient (Wildman–Crippen LogP) is 3.68. The van der Waals surface area contributed by atoms with Crippen molar-refractivity contribution in [2.45, 2.75) is 32.7 Å². The third-order valence-corrected chi connectivity index (χ3v) is 5.22. The molecule has 4 heteroatoms. The summed E-state index contributed by atoms with van der Waals surface area (Å²) in [6.07, 6.45) is 2.39. The van der Waals surface area contributed by atoms with Crippen molar-refractivity contribution in [3.8, 4) is 0 Å². The molecule has 4 nitrogen and oxygen atoms in total. The number of amides is 1. The Morgan fingerprint density at radius 1 is 0.963 bits per heavy atom. The van der Waals surface area contributed by atoms with Gasteiger partial charge in [-0.3, -0.25) is 4.79 Å². The van der Waals surface area contributed by atoms with Crippen LogP contribution in [-0.2, 0) is 28.9 Å². The van der Waals surface area contributed by atoms with Crippen LogP contribution in [0, 0.1) is 0 Å². The third kappa shape index (κ3) is 5.57. The highest BCUT2D eigenvalue weighted by Gasteiger charge is 2.12. The number of ether oxygens (including phenoxy) is 1. The molecule has 0 atom stereocenters. The fourth-order valence-electron chi connectivity index (χ4n) is 3.38. The van der Waals surface area contributed by atoms with E-state index in [1.807, 2.05) is 11.9 Å². The number of anilines is 1. The molecule has 1 aliphatic heterocycles. The van der Waals surface area contributed by atoms with Gasteiger partial charge in [-0.25, -0.2) is 0 Å². The van der Waals surface area contributed by atoms with E-state index in [0.717, 1.165) is 44.7 Å².